The van der Waals surface area contributed by atoms with Crippen molar-refractivity contribution in [2.24, 2.45) is 11.6 Å². The highest BCUT2D eigenvalue weighted by atomic mass is 16.5. The summed E-state index contributed by atoms with van der Waals surface area (Å²) < 4.78 is 5.29. The molecule has 104 valence electrons. The van der Waals surface area contributed by atoms with Gasteiger partial charge in [0, 0.05) is 0 Å². The molecule has 6 N–H and O–H groups in total. The van der Waals surface area contributed by atoms with E-state index in [4.69, 9.17) is 21.4 Å². The lowest BCUT2D eigenvalue weighted by molar-refractivity contribution is -0.133. The first-order valence-corrected chi connectivity index (χ1v) is 5.92. The molecular weight excluding hydrogens is 258 g/mol. The fraction of sp³-hybridized carbons (Fsp3) is 0.0714. The highest BCUT2D eigenvalue weighted by Crippen LogP contribution is 2.16. The number of rotatable bonds is 5. The predicted octanol–water partition coefficient (Wildman–Crippen LogP) is 1.03. The molecule has 0 atom stereocenters. The number of hydrogen-bond acceptors (Lipinski definition) is 5. The molecule has 0 aromatic heterocycles. The van der Waals surface area contributed by atoms with Gasteiger partial charge in [-0.25, -0.2) is 10.6 Å². The Morgan fingerprint density at radius 3 is 2.55 bits per heavy atom. The van der Waals surface area contributed by atoms with Crippen LogP contribution in [0.15, 0.2) is 54.0 Å². The Balaban J connectivity index is 2.16. The molecule has 0 spiro atoms. The second-order valence-corrected chi connectivity index (χ2v) is 4.16. The lowest BCUT2D eigenvalue weighted by Gasteiger charge is -2.11. The third-order valence-corrected chi connectivity index (χ3v) is 2.80. The minimum Gasteiger partial charge on any atom is -0.476 e. The highest BCUT2D eigenvalue weighted by molar-refractivity contribution is 5.85. The molecule has 0 unspecified atom stereocenters. The molecule has 0 aliphatic rings. The molecule has 0 fully saturated rings. The van der Waals surface area contributed by atoms with Gasteiger partial charge in [-0.05, 0) is 22.4 Å². The number of nitrogens with one attached hydrogen (secondary N) is 1. The SMILES string of the molecule is NN/C(OCc1ccc2ccccc2c1)=C(\N)C(=O)O. The Morgan fingerprint density at radius 2 is 1.90 bits per heavy atom. The monoisotopic (exact) mass is 273 g/mol. The third kappa shape index (κ3) is 2.99. The van der Waals surface area contributed by atoms with Crippen LogP contribution in [0.2, 0.25) is 0 Å². The summed E-state index contributed by atoms with van der Waals surface area (Å²) in [7, 11) is 0. The van der Waals surface area contributed by atoms with E-state index in [2.05, 4.69) is 5.43 Å². The van der Waals surface area contributed by atoms with Crippen LogP contribution in [0.25, 0.3) is 10.8 Å². The minimum atomic E-state index is -1.29. The molecule has 0 saturated carbocycles. The number of hydrazine groups is 1. The van der Waals surface area contributed by atoms with Gasteiger partial charge in [0.15, 0.2) is 5.70 Å². The molecule has 20 heavy (non-hydrogen) atoms. The van der Waals surface area contributed by atoms with Crippen molar-refractivity contribution < 1.29 is 14.6 Å². The van der Waals surface area contributed by atoms with Gasteiger partial charge >= 0.3 is 5.97 Å². The molecule has 2 aromatic carbocycles. The van der Waals surface area contributed by atoms with Gasteiger partial charge in [-0.1, -0.05) is 36.4 Å². The topological polar surface area (TPSA) is 111 Å². The number of nitrogens with two attached hydrogens (primary N) is 2. The summed E-state index contributed by atoms with van der Waals surface area (Å²) in [6, 6.07) is 13.7. The van der Waals surface area contributed by atoms with Gasteiger partial charge in [0.2, 0.25) is 5.88 Å². The minimum absolute atomic E-state index is 0.161. The fourth-order valence-corrected chi connectivity index (χ4v) is 1.78. The van der Waals surface area contributed by atoms with Crippen molar-refractivity contribution in [1.29, 1.82) is 0 Å². The second kappa shape index (κ2) is 5.94. The van der Waals surface area contributed by atoms with Crippen molar-refractivity contribution in [2.75, 3.05) is 0 Å². The summed E-state index contributed by atoms with van der Waals surface area (Å²) in [6.45, 7) is 0.165. The number of ether oxygens (including phenoxy) is 1. The summed E-state index contributed by atoms with van der Waals surface area (Å²) in [5.74, 6) is 3.73. The molecular formula is C14H15N3O3. The molecule has 6 heteroatoms. The Morgan fingerprint density at radius 1 is 1.20 bits per heavy atom. The lowest BCUT2D eigenvalue weighted by Crippen LogP contribution is -2.29. The molecule has 0 bridgehead atoms. The van der Waals surface area contributed by atoms with Gasteiger partial charge in [0.25, 0.3) is 0 Å². The van der Waals surface area contributed by atoms with Crippen molar-refractivity contribution in [3.8, 4) is 0 Å². The van der Waals surface area contributed by atoms with E-state index in [1.807, 2.05) is 42.5 Å². The lowest BCUT2D eigenvalue weighted by atomic mass is 10.1. The Labute approximate surface area is 115 Å². The maximum atomic E-state index is 10.7. The number of carbonyl (C=O) groups is 1. The van der Waals surface area contributed by atoms with E-state index in [0.29, 0.717) is 0 Å². The summed E-state index contributed by atoms with van der Waals surface area (Å²) in [6.07, 6.45) is 0. The smallest absolute Gasteiger partial charge is 0.357 e. The van der Waals surface area contributed by atoms with Crippen molar-refractivity contribution in [2.45, 2.75) is 6.61 Å². The number of carboxylic acids is 1. The van der Waals surface area contributed by atoms with Gasteiger partial charge in [0.05, 0.1) is 0 Å². The zero-order chi connectivity index (χ0) is 14.5. The largest absolute Gasteiger partial charge is 0.476 e. The van der Waals surface area contributed by atoms with Crippen LogP contribution >= 0.6 is 0 Å². The quantitative estimate of drug-likeness (QED) is 0.280. The molecule has 0 amide bonds. The summed E-state index contributed by atoms with van der Waals surface area (Å²) in [4.78, 5) is 10.7. The van der Waals surface area contributed by atoms with E-state index in [-0.39, 0.29) is 12.5 Å². The van der Waals surface area contributed by atoms with Crippen LogP contribution in [0, 0.1) is 0 Å². The van der Waals surface area contributed by atoms with Crippen LogP contribution in [-0.2, 0) is 16.1 Å². The fourth-order valence-electron chi connectivity index (χ4n) is 1.78. The Bertz CT molecular complexity index is 668. The zero-order valence-electron chi connectivity index (χ0n) is 10.7. The summed E-state index contributed by atoms with van der Waals surface area (Å²) in [5.41, 5.74) is 7.90. The van der Waals surface area contributed by atoms with Gasteiger partial charge in [-0.2, -0.15) is 0 Å². The first kappa shape index (κ1) is 13.7. The standard InChI is InChI=1S/C14H15N3O3/c15-12(14(18)19)13(17-16)20-8-9-5-6-10-3-1-2-4-11(10)7-9/h1-7,17H,8,15-16H2,(H,18,19)/b13-12+. The van der Waals surface area contributed by atoms with Crippen LogP contribution < -0.4 is 17.0 Å². The first-order chi connectivity index (χ1) is 9.61. The number of hydrogen-bond donors (Lipinski definition) is 4. The van der Waals surface area contributed by atoms with E-state index in [0.717, 1.165) is 16.3 Å². The van der Waals surface area contributed by atoms with E-state index in [1.54, 1.807) is 0 Å². The summed E-state index contributed by atoms with van der Waals surface area (Å²) >= 11 is 0. The predicted molar refractivity (Wildman–Crippen MR) is 74.9 cm³/mol. The van der Waals surface area contributed by atoms with Crippen molar-refractivity contribution >= 4 is 16.7 Å². The first-order valence-electron chi connectivity index (χ1n) is 5.92. The van der Waals surface area contributed by atoms with E-state index < -0.39 is 11.7 Å². The molecule has 0 heterocycles. The molecule has 0 aliphatic heterocycles. The van der Waals surface area contributed by atoms with E-state index in [9.17, 15) is 4.79 Å². The maximum absolute atomic E-state index is 10.7. The molecule has 2 aromatic rings. The molecule has 0 aliphatic carbocycles. The van der Waals surface area contributed by atoms with Gasteiger partial charge in [0.1, 0.15) is 6.61 Å². The van der Waals surface area contributed by atoms with Gasteiger partial charge in [-0.3, -0.25) is 5.43 Å². The zero-order valence-corrected chi connectivity index (χ0v) is 10.7. The van der Waals surface area contributed by atoms with E-state index in [1.165, 1.54) is 0 Å². The average molecular weight is 273 g/mol. The van der Waals surface area contributed by atoms with Crippen LogP contribution in [-0.4, -0.2) is 11.1 Å². The molecule has 6 nitrogen and oxygen atoms in total. The molecule has 0 radical (unpaired) electrons. The number of fused-ring (bicyclic) bond motifs is 1. The van der Waals surface area contributed by atoms with Crippen LogP contribution in [0.4, 0.5) is 0 Å². The van der Waals surface area contributed by atoms with Crippen LogP contribution in [0.3, 0.4) is 0 Å². The average Bonchev–Trinajstić information content (AvgIpc) is 2.47. The Kier molecular flexibility index (Phi) is 4.07. The number of aliphatic carboxylic acids is 1. The van der Waals surface area contributed by atoms with Crippen LogP contribution in [0.1, 0.15) is 5.56 Å². The van der Waals surface area contributed by atoms with E-state index >= 15 is 0 Å². The van der Waals surface area contributed by atoms with Crippen LogP contribution in [0.5, 0.6) is 0 Å². The van der Waals surface area contributed by atoms with Crippen molar-refractivity contribution in [3.05, 3.63) is 59.6 Å². The molecule has 2 rings (SSSR count). The molecule has 0 saturated heterocycles. The van der Waals surface area contributed by atoms with Crippen molar-refractivity contribution in [3.63, 3.8) is 0 Å². The number of carboxylic acid groups (broad SMARTS) is 1. The van der Waals surface area contributed by atoms with Gasteiger partial charge in [-0.15, -0.1) is 0 Å². The summed E-state index contributed by atoms with van der Waals surface area (Å²) in [5, 5.41) is 11.0. The maximum Gasteiger partial charge on any atom is 0.357 e. The highest BCUT2D eigenvalue weighted by Gasteiger charge is 2.11. The number of benzene rings is 2. The second-order valence-electron chi connectivity index (χ2n) is 4.16. The van der Waals surface area contributed by atoms with Gasteiger partial charge < -0.3 is 15.6 Å². The third-order valence-electron chi connectivity index (χ3n) is 2.80. The Hall–Kier alpha value is -2.73. The van der Waals surface area contributed by atoms with Crippen molar-refractivity contribution in [1.82, 2.24) is 5.43 Å². The normalized spacial score (nSPS) is 11.8.